The lowest BCUT2D eigenvalue weighted by Gasteiger charge is -2.35. The van der Waals surface area contributed by atoms with Crippen LogP contribution in [0.5, 0.6) is 11.5 Å². The zero-order chi connectivity index (χ0) is 32.6. The van der Waals surface area contributed by atoms with Crippen LogP contribution in [0.3, 0.4) is 0 Å². The number of nitrogens with one attached hydrogen (secondary N) is 1. The Morgan fingerprint density at radius 2 is 1.62 bits per heavy atom. The molecule has 0 radical (unpaired) electrons. The number of carbonyl (C=O) groups excluding carboxylic acids is 2. The van der Waals surface area contributed by atoms with Crippen LogP contribution in [0.1, 0.15) is 62.1 Å². The van der Waals surface area contributed by atoms with Crippen molar-refractivity contribution in [2.45, 2.75) is 82.8 Å². The molecule has 3 aromatic carbocycles. The van der Waals surface area contributed by atoms with Gasteiger partial charge >= 0.3 is 0 Å². The van der Waals surface area contributed by atoms with Crippen LogP contribution < -0.4 is 19.1 Å². The van der Waals surface area contributed by atoms with E-state index in [9.17, 15) is 18.0 Å². The average molecular weight is 636 g/mol. The summed E-state index contributed by atoms with van der Waals surface area (Å²) in [4.78, 5) is 29.8. The molecule has 9 nitrogen and oxygen atoms in total. The summed E-state index contributed by atoms with van der Waals surface area (Å²) < 4.78 is 40.6. The standard InChI is InChI=1S/C35H45N3O6S/c1-6-31(35(40)36-28-14-8-7-9-15-28)37(23-27-13-11-10-12-26(27)3)34(39)24-38(32-22-29(43-4)18-21-33(32)44-5)45(41,42)30-19-16-25(2)17-20-30/h10-13,16-22,28,31H,6-9,14-15,23-24H2,1-5H3,(H,36,40). The van der Waals surface area contributed by atoms with Gasteiger partial charge in [-0.05, 0) is 68.5 Å². The van der Waals surface area contributed by atoms with Crippen molar-refractivity contribution in [3.63, 3.8) is 0 Å². The quantitative estimate of drug-likeness (QED) is 0.256. The third-order valence-electron chi connectivity index (χ3n) is 8.48. The minimum atomic E-state index is -4.26. The van der Waals surface area contributed by atoms with Crippen LogP contribution in [0.4, 0.5) is 5.69 Å². The molecule has 1 saturated carbocycles. The first kappa shape index (κ1) is 33.8. The molecular formula is C35H45N3O6S. The molecule has 45 heavy (non-hydrogen) atoms. The van der Waals surface area contributed by atoms with Gasteiger partial charge in [0.2, 0.25) is 11.8 Å². The molecule has 10 heteroatoms. The zero-order valence-corrected chi connectivity index (χ0v) is 27.7. The minimum absolute atomic E-state index is 0.0262. The number of carbonyl (C=O) groups is 2. The number of hydrogen-bond acceptors (Lipinski definition) is 6. The number of ether oxygens (including phenoxy) is 2. The summed E-state index contributed by atoms with van der Waals surface area (Å²) in [5.74, 6) is -0.0769. The molecule has 1 N–H and O–H groups in total. The largest absolute Gasteiger partial charge is 0.497 e. The lowest BCUT2D eigenvalue weighted by Crippen LogP contribution is -2.54. The second-order valence-electron chi connectivity index (χ2n) is 11.6. The van der Waals surface area contributed by atoms with E-state index in [4.69, 9.17) is 9.47 Å². The fourth-order valence-corrected chi connectivity index (χ4v) is 7.19. The Labute approximate surface area is 267 Å². The Kier molecular flexibility index (Phi) is 11.5. The Morgan fingerprint density at radius 1 is 0.933 bits per heavy atom. The highest BCUT2D eigenvalue weighted by Crippen LogP contribution is 2.36. The number of anilines is 1. The van der Waals surface area contributed by atoms with Crippen molar-refractivity contribution in [2.24, 2.45) is 0 Å². The van der Waals surface area contributed by atoms with E-state index < -0.39 is 28.5 Å². The number of benzene rings is 3. The number of aryl methyl sites for hydroxylation is 2. The molecule has 0 bridgehead atoms. The number of amides is 2. The van der Waals surface area contributed by atoms with Gasteiger partial charge in [0.15, 0.2) is 0 Å². The summed E-state index contributed by atoms with van der Waals surface area (Å²) in [6.45, 7) is 5.29. The Morgan fingerprint density at radius 3 is 2.24 bits per heavy atom. The van der Waals surface area contributed by atoms with E-state index in [1.54, 1.807) is 24.3 Å². The monoisotopic (exact) mass is 635 g/mol. The maximum atomic E-state index is 14.5. The fourth-order valence-electron chi connectivity index (χ4n) is 5.78. The lowest BCUT2D eigenvalue weighted by molar-refractivity contribution is -0.140. The van der Waals surface area contributed by atoms with Crippen LogP contribution in [0.2, 0.25) is 0 Å². The third-order valence-corrected chi connectivity index (χ3v) is 10.3. The summed E-state index contributed by atoms with van der Waals surface area (Å²) >= 11 is 0. The maximum Gasteiger partial charge on any atom is 0.264 e. The lowest BCUT2D eigenvalue weighted by atomic mass is 9.95. The first-order valence-electron chi connectivity index (χ1n) is 15.5. The van der Waals surface area contributed by atoms with Crippen molar-refractivity contribution in [1.29, 1.82) is 0 Å². The smallest absolute Gasteiger partial charge is 0.264 e. The summed E-state index contributed by atoms with van der Waals surface area (Å²) in [5.41, 5.74) is 2.90. The molecule has 0 saturated heterocycles. The number of rotatable bonds is 13. The molecule has 1 fully saturated rings. The zero-order valence-electron chi connectivity index (χ0n) is 26.9. The molecule has 1 unspecified atom stereocenters. The second kappa shape index (κ2) is 15.3. The molecule has 1 aliphatic rings. The van der Waals surface area contributed by atoms with E-state index in [0.29, 0.717) is 12.2 Å². The number of hydrogen-bond donors (Lipinski definition) is 1. The van der Waals surface area contributed by atoms with E-state index in [1.807, 2.05) is 45.0 Å². The predicted molar refractivity (Wildman–Crippen MR) is 176 cm³/mol. The van der Waals surface area contributed by atoms with Gasteiger partial charge in [0.05, 0.1) is 24.8 Å². The van der Waals surface area contributed by atoms with Gasteiger partial charge in [-0.2, -0.15) is 0 Å². The van der Waals surface area contributed by atoms with Gasteiger partial charge in [0.1, 0.15) is 24.1 Å². The SMILES string of the molecule is CCC(C(=O)NC1CCCCC1)N(Cc1ccccc1C)C(=O)CN(c1cc(OC)ccc1OC)S(=O)(=O)c1ccc(C)cc1. The Hall–Kier alpha value is -4.05. The minimum Gasteiger partial charge on any atom is -0.497 e. The second-order valence-corrected chi connectivity index (χ2v) is 13.4. The highest BCUT2D eigenvalue weighted by Gasteiger charge is 2.35. The third kappa shape index (κ3) is 8.16. The van der Waals surface area contributed by atoms with Crippen molar-refractivity contribution in [2.75, 3.05) is 25.1 Å². The van der Waals surface area contributed by atoms with Gasteiger partial charge in [0, 0.05) is 18.7 Å². The molecular weight excluding hydrogens is 590 g/mol. The van der Waals surface area contributed by atoms with Crippen LogP contribution in [-0.2, 0) is 26.2 Å². The van der Waals surface area contributed by atoms with Gasteiger partial charge in [-0.15, -0.1) is 0 Å². The summed E-state index contributed by atoms with van der Waals surface area (Å²) in [6.07, 6.45) is 5.45. The summed E-state index contributed by atoms with van der Waals surface area (Å²) in [7, 11) is -1.34. The van der Waals surface area contributed by atoms with Crippen molar-refractivity contribution >= 4 is 27.5 Å². The Bertz CT molecular complexity index is 1570. The van der Waals surface area contributed by atoms with Crippen LogP contribution in [0.15, 0.2) is 71.6 Å². The van der Waals surface area contributed by atoms with Crippen molar-refractivity contribution in [3.8, 4) is 11.5 Å². The van der Waals surface area contributed by atoms with E-state index >= 15 is 0 Å². The molecule has 0 heterocycles. The molecule has 0 spiro atoms. The highest BCUT2D eigenvalue weighted by molar-refractivity contribution is 7.92. The molecule has 0 aliphatic heterocycles. The van der Waals surface area contributed by atoms with Gasteiger partial charge in [-0.1, -0.05) is 68.1 Å². The topological polar surface area (TPSA) is 105 Å². The number of sulfonamides is 1. The van der Waals surface area contributed by atoms with Gasteiger partial charge < -0.3 is 19.7 Å². The summed E-state index contributed by atoms with van der Waals surface area (Å²) in [5, 5.41) is 3.18. The van der Waals surface area contributed by atoms with Crippen molar-refractivity contribution in [3.05, 3.63) is 83.4 Å². The maximum absolute atomic E-state index is 14.5. The van der Waals surface area contributed by atoms with Crippen LogP contribution in [0.25, 0.3) is 0 Å². The van der Waals surface area contributed by atoms with Crippen molar-refractivity contribution in [1.82, 2.24) is 10.2 Å². The van der Waals surface area contributed by atoms with E-state index in [1.165, 1.54) is 37.3 Å². The molecule has 1 atom stereocenters. The normalized spacial score (nSPS) is 14.3. The molecule has 2 amide bonds. The van der Waals surface area contributed by atoms with Crippen LogP contribution >= 0.6 is 0 Å². The number of nitrogens with zero attached hydrogens (tertiary/aromatic N) is 2. The van der Waals surface area contributed by atoms with Gasteiger partial charge in [-0.3, -0.25) is 13.9 Å². The van der Waals surface area contributed by atoms with Crippen molar-refractivity contribution < 1.29 is 27.5 Å². The first-order valence-corrected chi connectivity index (χ1v) is 17.0. The fraction of sp³-hybridized carbons (Fsp3) is 0.429. The highest BCUT2D eigenvalue weighted by atomic mass is 32.2. The predicted octanol–water partition coefficient (Wildman–Crippen LogP) is 5.77. The molecule has 3 aromatic rings. The molecule has 0 aromatic heterocycles. The molecule has 1 aliphatic carbocycles. The van der Waals surface area contributed by atoms with Gasteiger partial charge in [0.25, 0.3) is 10.0 Å². The Balaban J connectivity index is 1.78. The van der Waals surface area contributed by atoms with Gasteiger partial charge in [-0.25, -0.2) is 8.42 Å². The number of methoxy groups -OCH3 is 2. The molecule has 4 rings (SSSR count). The summed E-state index contributed by atoms with van der Waals surface area (Å²) in [6, 6.07) is 18.2. The van der Waals surface area contributed by atoms with E-state index in [-0.39, 0.29) is 34.8 Å². The van der Waals surface area contributed by atoms with E-state index in [0.717, 1.165) is 53.1 Å². The first-order chi connectivity index (χ1) is 21.6. The van der Waals surface area contributed by atoms with E-state index in [2.05, 4.69) is 5.32 Å². The average Bonchev–Trinajstić information content (AvgIpc) is 3.04. The van der Waals surface area contributed by atoms with Crippen LogP contribution in [0, 0.1) is 13.8 Å². The molecule has 242 valence electrons. The van der Waals surface area contributed by atoms with Crippen LogP contribution in [-0.4, -0.2) is 58.0 Å².